The van der Waals surface area contributed by atoms with Gasteiger partial charge in [-0.05, 0) is 48.7 Å². The molecule has 0 atom stereocenters. The van der Waals surface area contributed by atoms with Gasteiger partial charge in [-0.1, -0.05) is 60.2 Å². The first-order valence-electron chi connectivity index (χ1n) is 10.0. The van der Waals surface area contributed by atoms with E-state index in [0.717, 1.165) is 15.4 Å². The van der Waals surface area contributed by atoms with E-state index >= 15 is 0 Å². The van der Waals surface area contributed by atoms with E-state index in [4.69, 9.17) is 0 Å². The number of hydrogen-bond acceptors (Lipinski definition) is 4. The molecule has 0 aliphatic rings. The standard InChI is InChI=1S/C24H24FN3O3S/c1-19-10-12-23(13-11-19)32(30,31)28(15-14-20-6-3-2-4-7-20)18-24(29)27-26-17-21-8-5-9-22(25)16-21/h2-13,16-17H,14-15,18H2,1H3,(H,27,29)/b26-17-. The molecule has 0 saturated heterocycles. The number of aryl methyl sites for hydroxylation is 1. The van der Waals surface area contributed by atoms with Crippen molar-refractivity contribution in [2.75, 3.05) is 13.1 Å². The van der Waals surface area contributed by atoms with Crippen molar-refractivity contribution in [1.29, 1.82) is 0 Å². The van der Waals surface area contributed by atoms with Crippen molar-refractivity contribution in [2.24, 2.45) is 5.10 Å². The van der Waals surface area contributed by atoms with Gasteiger partial charge in [0.25, 0.3) is 5.91 Å². The number of sulfonamides is 1. The van der Waals surface area contributed by atoms with Gasteiger partial charge in [-0.25, -0.2) is 18.2 Å². The Bertz CT molecular complexity index is 1180. The number of halogens is 1. The van der Waals surface area contributed by atoms with Gasteiger partial charge in [-0.3, -0.25) is 4.79 Å². The molecule has 0 radical (unpaired) electrons. The van der Waals surface area contributed by atoms with Crippen molar-refractivity contribution in [3.05, 3.63) is 101 Å². The van der Waals surface area contributed by atoms with Gasteiger partial charge >= 0.3 is 0 Å². The molecule has 0 aliphatic heterocycles. The zero-order valence-corrected chi connectivity index (χ0v) is 18.4. The van der Waals surface area contributed by atoms with Crippen molar-refractivity contribution in [2.45, 2.75) is 18.2 Å². The number of amides is 1. The number of carbonyl (C=O) groups is 1. The number of hydrazone groups is 1. The van der Waals surface area contributed by atoms with Gasteiger partial charge in [-0.2, -0.15) is 9.41 Å². The Morgan fingerprint density at radius 2 is 1.75 bits per heavy atom. The van der Waals surface area contributed by atoms with Crippen LogP contribution < -0.4 is 5.43 Å². The van der Waals surface area contributed by atoms with Crippen LogP contribution >= 0.6 is 0 Å². The quantitative estimate of drug-likeness (QED) is 0.398. The number of nitrogens with zero attached hydrogens (tertiary/aromatic N) is 2. The van der Waals surface area contributed by atoms with Crippen LogP contribution in [0.15, 0.2) is 88.9 Å². The molecular formula is C24H24FN3O3S. The summed E-state index contributed by atoms with van der Waals surface area (Å²) < 4.78 is 40.8. The van der Waals surface area contributed by atoms with Crippen molar-refractivity contribution in [3.8, 4) is 0 Å². The average molecular weight is 454 g/mol. The van der Waals surface area contributed by atoms with E-state index in [1.807, 2.05) is 37.3 Å². The Balaban J connectivity index is 1.73. The van der Waals surface area contributed by atoms with Crippen molar-refractivity contribution in [3.63, 3.8) is 0 Å². The fourth-order valence-electron chi connectivity index (χ4n) is 3.00. The van der Waals surface area contributed by atoms with E-state index in [9.17, 15) is 17.6 Å². The lowest BCUT2D eigenvalue weighted by Crippen LogP contribution is -2.40. The lowest BCUT2D eigenvalue weighted by molar-refractivity contribution is -0.121. The Labute approximate surface area is 187 Å². The van der Waals surface area contributed by atoms with Gasteiger partial charge in [0.1, 0.15) is 5.82 Å². The zero-order valence-electron chi connectivity index (χ0n) is 17.6. The van der Waals surface area contributed by atoms with Crippen molar-refractivity contribution < 1.29 is 17.6 Å². The van der Waals surface area contributed by atoms with Crippen LogP contribution in [0.4, 0.5) is 4.39 Å². The minimum absolute atomic E-state index is 0.118. The third kappa shape index (κ3) is 6.57. The second kappa shape index (κ2) is 10.8. The van der Waals surface area contributed by atoms with Crippen LogP contribution in [-0.2, 0) is 21.2 Å². The highest BCUT2D eigenvalue weighted by Crippen LogP contribution is 2.17. The summed E-state index contributed by atoms with van der Waals surface area (Å²) in [7, 11) is -3.89. The highest BCUT2D eigenvalue weighted by atomic mass is 32.2. The number of carbonyl (C=O) groups excluding carboxylic acids is 1. The maximum atomic E-state index is 13.2. The molecule has 0 heterocycles. The summed E-state index contributed by atoms with van der Waals surface area (Å²) >= 11 is 0. The minimum atomic E-state index is -3.89. The molecule has 3 rings (SSSR count). The Morgan fingerprint density at radius 1 is 1.03 bits per heavy atom. The van der Waals surface area contributed by atoms with E-state index < -0.39 is 28.3 Å². The van der Waals surface area contributed by atoms with E-state index in [-0.39, 0.29) is 11.4 Å². The summed E-state index contributed by atoms with van der Waals surface area (Å²) in [5, 5.41) is 3.81. The maximum Gasteiger partial charge on any atom is 0.255 e. The van der Waals surface area contributed by atoms with Gasteiger partial charge in [0.05, 0.1) is 17.7 Å². The third-order valence-electron chi connectivity index (χ3n) is 4.72. The van der Waals surface area contributed by atoms with E-state index in [0.29, 0.717) is 12.0 Å². The number of rotatable bonds is 9. The first-order valence-corrected chi connectivity index (χ1v) is 11.5. The van der Waals surface area contributed by atoms with Crippen molar-refractivity contribution >= 4 is 22.1 Å². The van der Waals surface area contributed by atoms with E-state index in [2.05, 4.69) is 10.5 Å². The fraction of sp³-hybridized carbons (Fsp3) is 0.167. The molecule has 0 aliphatic carbocycles. The molecule has 166 valence electrons. The summed E-state index contributed by atoms with van der Waals surface area (Å²) in [6, 6.07) is 21.7. The van der Waals surface area contributed by atoms with Crippen molar-refractivity contribution in [1.82, 2.24) is 9.73 Å². The topological polar surface area (TPSA) is 78.8 Å². The zero-order chi connectivity index (χ0) is 23.0. The van der Waals surface area contributed by atoms with Crippen LogP contribution in [0.2, 0.25) is 0 Å². The number of nitrogens with one attached hydrogen (secondary N) is 1. The Kier molecular flexibility index (Phi) is 7.86. The largest absolute Gasteiger partial charge is 0.272 e. The van der Waals surface area contributed by atoms with Crippen LogP contribution in [0.5, 0.6) is 0 Å². The molecule has 0 saturated carbocycles. The molecule has 0 bridgehead atoms. The van der Waals surface area contributed by atoms with E-state index in [1.54, 1.807) is 18.2 Å². The lowest BCUT2D eigenvalue weighted by Gasteiger charge is -2.21. The predicted molar refractivity (Wildman–Crippen MR) is 122 cm³/mol. The lowest BCUT2D eigenvalue weighted by atomic mass is 10.1. The summed E-state index contributed by atoms with van der Waals surface area (Å²) in [4.78, 5) is 12.6. The molecule has 3 aromatic carbocycles. The van der Waals surface area contributed by atoms with Gasteiger partial charge in [0.2, 0.25) is 10.0 Å². The van der Waals surface area contributed by atoms with Crippen LogP contribution in [0.3, 0.4) is 0 Å². The molecular weight excluding hydrogens is 429 g/mol. The van der Waals surface area contributed by atoms with Crippen LogP contribution in [0.1, 0.15) is 16.7 Å². The minimum Gasteiger partial charge on any atom is -0.272 e. The first kappa shape index (κ1) is 23.3. The Hall–Kier alpha value is -3.36. The molecule has 0 fully saturated rings. The average Bonchev–Trinajstić information content (AvgIpc) is 2.77. The molecule has 0 unspecified atom stereocenters. The molecule has 8 heteroatoms. The van der Waals surface area contributed by atoms with Crippen LogP contribution in [0, 0.1) is 12.7 Å². The third-order valence-corrected chi connectivity index (χ3v) is 6.58. The molecule has 1 amide bonds. The smallest absolute Gasteiger partial charge is 0.255 e. The van der Waals surface area contributed by atoms with Crippen LogP contribution in [0.25, 0.3) is 0 Å². The summed E-state index contributed by atoms with van der Waals surface area (Å²) in [6.45, 7) is 1.60. The molecule has 32 heavy (non-hydrogen) atoms. The summed E-state index contributed by atoms with van der Waals surface area (Å²) in [5.74, 6) is -1.02. The molecule has 0 aromatic heterocycles. The molecule has 6 nitrogen and oxygen atoms in total. The normalized spacial score (nSPS) is 11.7. The number of benzene rings is 3. The van der Waals surface area contributed by atoms with Gasteiger partial charge in [-0.15, -0.1) is 0 Å². The van der Waals surface area contributed by atoms with E-state index in [1.165, 1.54) is 36.5 Å². The van der Waals surface area contributed by atoms with Gasteiger partial charge < -0.3 is 0 Å². The second-order valence-electron chi connectivity index (χ2n) is 7.24. The highest BCUT2D eigenvalue weighted by molar-refractivity contribution is 7.89. The molecule has 1 N–H and O–H groups in total. The first-order chi connectivity index (χ1) is 15.3. The van der Waals surface area contributed by atoms with Crippen LogP contribution in [-0.4, -0.2) is 37.9 Å². The monoisotopic (exact) mass is 453 g/mol. The molecule has 3 aromatic rings. The number of hydrogen-bond donors (Lipinski definition) is 1. The summed E-state index contributed by atoms with van der Waals surface area (Å²) in [5.41, 5.74) is 4.68. The fourth-order valence-corrected chi connectivity index (χ4v) is 4.40. The Morgan fingerprint density at radius 3 is 2.44 bits per heavy atom. The predicted octanol–water partition coefficient (Wildman–Crippen LogP) is 3.52. The second-order valence-corrected chi connectivity index (χ2v) is 9.17. The van der Waals surface area contributed by atoms with Gasteiger partial charge in [0.15, 0.2) is 0 Å². The maximum absolute atomic E-state index is 13.2. The van der Waals surface area contributed by atoms with Gasteiger partial charge in [0, 0.05) is 6.54 Å². The molecule has 0 spiro atoms. The summed E-state index contributed by atoms with van der Waals surface area (Å²) in [6.07, 6.45) is 1.75. The SMILES string of the molecule is Cc1ccc(S(=O)(=O)N(CCc2ccccc2)CC(=O)N/N=C\c2cccc(F)c2)cc1. The highest BCUT2D eigenvalue weighted by Gasteiger charge is 2.26.